The molecule has 1 aliphatic heterocycles. The topological polar surface area (TPSA) is 40.6 Å². The summed E-state index contributed by atoms with van der Waals surface area (Å²) in [6.07, 6.45) is 8.40. The lowest BCUT2D eigenvalue weighted by molar-refractivity contribution is 0.00488. The van der Waals surface area contributed by atoms with E-state index in [0.29, 0.717) is 17.4 Å². The third-order valence-electron chi connectivity index (χ3n) is 6.69. The van der Waals surface area contributed by atoms with E-state index in [2.05, 4.69) is 53.4 Å². The largest absolute Gasteiger partial charge is 0.300 e. The summed E-state index contributed by atoms with van der Waals surface area (Å²) >= 11 is 0. The fourth-order valence-electron chi connectivity index (χ4n) is 5.16. The molecule has 0 radical (unpaired) electrons. The third-order valence-corrected chi connectivity index (χ3v) is 8.18. The van der Waals surface area contributed by atoms with Crippen LogP contribution in [-0.4, -0.2) is 55.6 Å². The van der Waals surface area contributed by atoms with Crippen LogP contribution in [-0.2, 0) is 10.0 Å². The maximum absolute atomic E-state index is 12.1. The van der Waals surface area contributed by atoms with Crippen molar-refractivity contribution in [1.82, 2.24) is 9.21 Å². The maximum atomic E-state index is 12.1. The molecule has 162 valence electrons. The molecule has 0 saturated carbocycles. The highest BCUT2D eigenvalue weighted by molar-refractivity contribution is 7.88. The molecule has 1 aliphatic rings. The third kappa shape index (κ3) is 7.32. The zero-order chi connectivity index (χ0) is 21.0. The predicted octanol–water partition coefficient (Wildman–Crippen LogP) is 5.00. The molecular formula is C22H46N2O2S. The van der Waals surface area contributed by atoms with Gasteiger partial charge in [-0.2, -0.15) is 4.31 Å². The molecule has 1 rings (SSSR count). The Morgan fingerprint density at radius 1 is 1.22 bits per heavy atom. The van der Waals surface area contributed by atoms with Gasteiger partial charge in [-0.15, -0.1) is 0 Å². The van der Waals surface area contributed by atoms with Crippen LogP contribution in [0, 0.1) is 17.3 Å². The van der Waals surface area contributed by atoms with Crippen molar-refractivity contribution in [3.8, 4) is 0 Å². The van der Waals surface area contributed by atoms with E-state index in [1.807, 2.05) is 0 Å². The SMILES string of the molecule is CCCC(CN1CC(C)(C)CC(CCC)C1C)CC(C)(C)N(C)S(C)(=O)=O. The molecule has 1 saturated heterocycles. The quantitative estimate of drug-likeness (QED) is 0.516. The molecule has 0 aromatic carbocycles. The van der Waals surface area contributed by atoms with Gasteiger partial charge in [0.1, 0.15) is 0 Å². The first kappa shape index (κ1) is 24.9. The normalized spacial score (nSPS) is 25.7. The molecule has 0 N–H and O–H groups in total. The molecule has 0 aromatic heterocycles. The van der Waals surface area contributed by atoms with Crippen LogP contribution in [0.1, 0.15) is 87.0 Å². The molecule has 1 fully saturated rings. The average Bonchev–Trinajstić information content (AvgIpc) is 2.49. The molecule has 0 aromatic rings. The summed E-state index contributed by atoms with van der Waals surface area (Å²) < 4.78 is 25.7. The Morgan fingerprint density at radius 3 is 2.30 bits per heavy atom. The van der Waals surface area contributed by atoms with Gasteiger partial charge >= 0.3 is 0 Å². The van der Waals surface area contributed by atoms with E-state index in [1.54, 1.807) is 11.4 Å². The number of hydrogen-bond acceptors (Lipinski definition) is 3. The van der Waals surface area contributed by atoms with Crippen molar-refractivity contribution in [2.45, 2.75) is 98.6 Å². The van der Waals surface area contributed by atoms with Gasteiger partial charge in [-0.3, -0.25) is 4.90 Å². The van der Waals surface area contributed by atoms with Gasteiger partial charge in [0.15, 0.2) is 0 Å². The highest BCUT2D eigenvalue weighted by Crippen LogP contribution is 2.39. The van der Waals surface area contributed by atoms with E-state index >= 15 is 0 Å². The van der Waals surface area contributed by atoms with Gasteiger partial charge in [-0.1, -0.05) is 40.5 Å². The van der Waals surface area contributed by atoms with E-state index in [-0.39, 0.29) is 5.54 Å². The summed E-state index contributed by atoms with van der Waals surface area (Å²) in [5.41, 5.74) is 0.00691. The Morgan fingerprint density at radius 2 is 1.81 bits per heavy atom. The monoisotopic (exact) mass is 402 g/mol. The minimum absolute atomic E-state index is 0.356. The minimum Gasteiger partial charge on any atom is -0.300 e. The number of piperidine rings is 1. The molecule has 4 nitrogen and oxygen atoms in total. The molecule has 5 heteroatoms. The van der Waals surface area contributed by atoms with Crippen molar-refractivity contribution < 1.29 is 8.42 Å². The van der Waals surface area contributed by atoms with E-state index in [0.717, 1.165) is 38.3 Å². The fraction of sp³-hybridized carbons (Fsp3) is 1.00. The lowest BCUT2D eigenvalue weighted by Crippen LogP contribution is -2.53. The average molecular weight is 403 g/mol. The van der Waals surface area contributed by atoms with Gasteiger partial charge in [0, 0.05) is 31.7 Å². The molecule has 0 bridgehead atoms. The molecule has 27 heavy (non-hydrogen) atoms. The van der Waals surface area contributed by atoms with Crippen LogP contribution in [0.2, 0.25) is 0 Å². The second kappa shape index (κ2) is 9.58. The van der Waals surface area contributed by atoms with E-state index in [1.165, 1.54) is 25.5 Å². The Labute approximate surface area is 170 Å². The van der Waals surface area contributed by atoms with Crippen molar-refractivity contribution in [2.75, 3.05) is 26.4 Å². The Kier molecular flexibility index (Phi) is 8.84. The van der Waals surface area contributed by atoms with Gasteiger partial charge in [0.05, 0.1) is 6.26 Å². The number of likely N-dealkylation sites (tertiary alicyclic amines) is 1. The predicted molar refractivity (Wildman–Crippen MR) is 118 cm³/mol. The summed E-state index contributed by atoms with van der Waals surface area (Å²) in [5, 5.41) is 0. The highest BCUT2D eigenvalue weighted by Gasteiger charge is 2.39. The second-order valence-electron chi connectivity index (χ2n) is 10.5. The zero-order valence-corrected chi connectivity index (χ0v) is 20.3. The smallest absolute Gasteiger partial charge is 0.211 e. The van der Waals surface area contributed by atoms with Crippen LogP contribution in [0.4, 0.5) is 0 Å². The lowest BCUT2D eigenvalue weighted by atomic mass is 9.73. The Balaban J connectivity index is 2.94. The van der Waals surface area contributed by atoms with Crippen LogP contribution >= 0.6 is 0 Å². The summed E-state index contributed by atoms with van der Waals surface area (Å²) in [6.45, 7) is 18.1. The zero-order valence-electron chi connectivity index (χ0n) is 19.5. The molecule has 3 unspecified atom stereocenters. The van der Waals surface area contributed by atoms with Gasteiger partial charge < -0.3 is 0 Å². The van der Waals surface area contributed by atoms with E-state index in [4.69, 9.17) is 0 Å². The first-order valence-corrected chi connectivity index (χ1v) is 12.8. The molecule has 3 atom stereocenters. The van der Waals surface area contributed by atoms with Crippen LogP contribution in [0.5, 0.6) is 0 Å². The van der Waals surface area contributed by atoms with Crippen LogP contribution < -0.4 is 0 Å². The number of nitrogens with zero attached hydrogens (tertiary/aromatic N) is 2. The van der Waals surface area contributed by atoms with Crippen LogP contribution in [0.25, 0.3) is 0 Å². The minimum atomic E-state index is -3.18. The number of sulfonamides is 1. The summed E-state index contributed by atoms with van der Waals surface area (Å²) in [5.74, 6) is 1.29. The van der Waals surface area contributed by atoms with Crippen LogP contribution in [0.15, 0.2) is 0 Å². The van der Waals surface area contributed by atoms with Gasteiger partial charge in [0.2, 0.25) is 10.0 Å². The van der Waals surface area contributed by atoms with Crippen LogP contribution in [0.3, 0.4) is 0 Å². The lowest BCUT2D eigenvalue weighted by Gasteiger charge is -2.49. The van der Waals surface area contributed by atoms with Gasteiger partial charge in [-0.05, 0) is 63.7 Å². The molecule has 0 aliphatic carbocycles. The van der Waals surface area contributed by atoms with E-state index < -0.39 is 10.0 Å². The Hall–Kier alpha value is -0.130. The maximum Gasteiger partial charge on any atom is 0.211 e. The van der Waals surface area contributed by atoms with E-state index in [9.17, 15) is 8.42 Å². The van der Waals surface area contributed by atoms with Crippen molar-refractivity contribution in [2.24, 2.45) is 17.3 Å². The summed E-state index contributed by atoms with van der Waals surface area (Å²) in [6, 6.07) is 0.619. The first-order valence-electron chi connectivity index (χ1n) is 10.9. The standard InChI is InChI=1S/C22H46N2O2S/c1-10-12-19(14-22(6,7)23(8)27(9,25)26)16-24-17-21(4,5)15-20(13-11-2)18(24)3/h18-20H,10-17H2,1-9H3. The molecular weight excluding hydrogens is 356 g/mol. The highest BCUT2D eigenvalue weighted by atomic mass is 32.2. The first-order chi connectivity index (χ1) is 12.2. The molecule has 0 spiro atoms. The van der Waals surface area contributed by atoms with Gasteiger partial charge in [-0.25, -0.2) is 8.42 Å². The summed E-state index contributed by atoms with van der Waals surface area (Å²) in [4.78, 5) is 2.71. The van der Waals surface area contributed by atoms with Crippen molar-refractivity contribution >= 4 is 10.0 Å². The molecule has 1 heterocycles. The number of hydrogen-bond donors (Lipinski definition) is 0. The fourth-order valence-corrected chi connectivity index (χ4v) is 6.14. The Bertz CT molecular complexity index is 557. The van der Waals surface area contributed by atoms with Crippen molar-refractivity contribution in [3.63, 3.8) is 0 Å². The van der Waals surface area contributed by atoms with Gasteiger partial charge in [0.25, 0.3) is 0 Å². The second-order valence-corrected chi connectivity index (χ2v) is 12.5. The summed E-state index contributed by atoms with van der Waals surface area (Å²) in [7, 11) is -1.46. The van der Waals surface area contributed by atoms with Crippen molar-refractivity contribution in [1.29, 1.82) is 0 Å². The number of rotatable bonds is 10. The molecule has 0 amide bonds. The van der Waals surface area contributed by atoms with Crippen molar-refractivity contribution in [3.05, 3.63) is 0 Å².